The van der Waals surface area contributed by atoms with Crippen molar-refractivity contribution < 1.29 is 32.2 Å². The SMILES string of the molecule is CC(C)(C)OC(=O)N1CCN(C(=O)c2cc3c4c(c(N)nc3cn2)COC4)[C@@H](c2ccc(C(F)(F)F)cc2)C1. The van der Waals surface area contributed by atoms with Crippen molar-refractivity contribution in [1.82, 2.24) is 19.8 Å². The Hall–Kier alpha value is -3.93. The zero-order valence-electron chi connectivity index (χ0n) is 21.7. The second kappa shape index (κ2) is 9.67. The van der Waals surface area contributed by atoms with Crippen molar-refractivity contribution >= 4 is 28.7 Å². The smallest absolute Gasteiger partial charge is 0.416 e. The number of alkyl halides is 3. The average Bonchev–Trinajstić information content (AvgIpc) is 3.38. The summed E-state index contributed by atoms with van der Waals surface area (Å²) in [7, 11) is 0. The number of hydrogen-bond donors (Lipinski definition) is 1. The van der Waals surface area contributed by atoms with Crippen molar-refractivity contribution in [3.63, 3.8) is 0 Å². The maximum absolute atomic E-state index is 13.8. The predicted octanol–water partition coefficient (Wildman–Crippen LogP) is 4.70. The number of benzene rings is 1. The van der Waals surface area contributed by atoms with Crippen LogP contribution in [0, 0.1) is 0 Å². The number of amides is 2. The number of aromatic nitrogens is 2. The Morgan fingerprint density at radius 2 is 1.77 bits per heavy atom. The molecule has 0 radical (unpaired) electrons. The third-order valence-electron chi connectivity index (χ3n) is 6.75. The molecule has 2 aromatic heterocycles. The summed E-state index contributed by atoms with van der Waals surface area (Å²) in [6.07, 6.45) is -3.59. The number of hydrogen-bond acceptors (Lipinski definition) is 7. The van der Waals surface area contributed by atoms with E-state index in [2.05, 4.69) is 9.97 Å². The van der Waals surface area contributed by atoms with Gasteiger partial charge in [0.05, 0.1) is 36.5 Å². The Morgan fingerprint density at radius 1 is 1.08 bits per heavy atom. The molecule has 0 unspecified atom stereocenters. The largest absolute Gasteiger partial charge is 0.444 e. The van der Waals surface area contributed by atoms with E-state index in [1.54, 1.807) is 26.8 Å². The van der Waals surface area contributed by atoms with Crippen LogP contribution in [0.15, 0.2) is 36.5 Å². The number of rotatable bonds is 2. The summed E-state index contributed by atoms with van der Waals surface area (Å²) in [6, 6.07) is 5.52. The van der Waals surface area contributed by atoms with E-state index in [1.165, 1.54) is 28.1 Å². The maximum atomic E-state index is 13.8. The molecule has 2 aliphatic rings. The van der Waals surface area contributed by atoms with Crippen LogP contribution in [0.2, 0.25) is 0 Å². The lowest BCUT2D eigenvalue weighted by Crippen LogP contribution is -2.53. The minimum absolute atomic E-state index is 0.0426. The van der Waals surface area contributed by atoms with E-state index in [1.807, 2.05) is 0 Å². The van der Waals surface area contributed by atoms with Gasteiger partial charge < -0.3 is 25.0 Å². The molecule has 4 heterocycles. The average molecular weight is 544 g/mol. The second-order valence-corrected chi connectivity index (χ2v) is 10.6. The number of fused-ring (bicyclic) bond motifs is 3. The van der Waals surface area contributed by atoms with Crippen molar-refractivity contribution in [1.29, 1.82) is 0 Å². The standard InChI is InChI=1S/C27H28F3N5O4/c1-26(2,3)39-25(37)34-8-9-35(22(12-34)15-4-6-16(7-5-15)27(28,29)30)24(36)20-10-17-18-13-38-14-19(18)23(31)33-21(17)11-32-20/h4-7,10-11,22H,8-9,12-14H2,1-3H3,(H2,31,33)/t22-/m1/s1. The number of nitrogens with zero attached hydrogens (tertiary/aromatic N) is 4. The number of halogens is 3. The fourth-order valence-corrected chi connectivity index (χ4v) is 4.84. The van der Waals surface area contributed by atoms with Crippen molar-refractivity contribution in [2.45, 2.75) is 51.8 Å². The lowest BCUT2D eigenvalue weighted by molar-refractivity contribution is -0.137. The molecule has 3 aromatic rings. The molecule has 0 saturated carbocycles. The number of ether oxygens (including phenoxy) is 2. The molecular formula is C27H28F3N5O4. The highest BCUT2D eigenvalue weighted by Crippen LogP contribution is 2.34. The molecule has 2 N–H and O–H groups in total. The fraction of sp³-hybridized carbons (Fsp3) is 0.407. The number of carbonyl (C=O) groups excluding carboxylic acids is 2. The van der Waals surface area contributed by atoms with E-state index in [-0.39, 0.29) is 25.3 Å². The molecule has 2 amide bonds. The number of anilines is 1. The van der Waals surface area contributed by atoms with Gasteiger partial charge in [0.25, 0.3) is 5.91 Å². The van der Waals surface area contributed by atoms with Crippen LogP contribution in [-0.2, 0) is 28.9 Å². The van der Waals surface area contributed by atoms with E-state index in [0.717, 1.165) is 23.3 Å². The van der Waals surface area contributed by atoms with Crippen LogP contribution in [0.1, 0.15) is 59.6 Å². The lowest BCUT2D eigenvalue weighted by atomic mass is 9.99. The minimum atomic E-state index is -4.50. The van der Waals surface area contributed by atoms with E-state index < -0.39 is 35.4 Å². The van der Waals surface area contributed by atoms with Gasteiger partial charge in [-0.3, -0.25) is 4.79 Å². The normalized spacial score (nSPS) is 17.8. The first-order chi connectivity index (χ1) is 18.3. The molecule has 0 bridgehead atoms. The predicted molar refractivity (Wildman–Crippen MR) is 135 cm³/mol. The van der Waals surface area contributed by atoms with Gasteiger partial charge >= 0.3 is 12.3 Å². The van der Waals surface area contributed by atoms with E-state index >= 15 is 0 Å². The number of piperazine rings is 1. The Balaban J connectivity index is 1.49. The van der Waals surface area contributed by atoms with E-state index in [4.69, 9.17) is 15.2 Å². The monoisotopic (exact) mass is 543 g/mol. The molecule has 12 heteroatoms. The first kappa shape index (κ1) is 26.7. The number of nitrogen functional groups attached to an aromatic ring is 1. The quantitative estimate of drug-likeness (QED) is 0.499. The molecule has 206 valence electrons. The summed E-state index contributed by atoms with van der Waals surface area (Å²) in [5.74, 6) is -0.0633. The Bertz CT molecular complexity index is 1440. The molecule has 0 aliphatic carbocycles. The summed E-state index contributed by atoms with van der Waals surface area (Å²) in [5.41, 5.74) is 7.26. The third-order valence-corrected chi connectivity index (χ3v) is 6.75. The number of pyridine rings is 2. The van der Waals surface area contributed by atoms with Crippen LogP contribution in [-0.4, -0.2) is 57.0 Å². The van der Waals surface area contributed by atoms with Gasteiger partial charge in [0, 0.05) is 30.6 Å². The van der Waals surface area contributed by atoms with Crippen molar-refractivity contribution in [3.05, 3.63) is 64.5 Å². The minimum Gasteiger partial charge on any atom is -0.444 e. The summed E-state index contributed by atoms with van der Waals surface area (Å²) in [5, 5.41) is 0.702. The first-order valence-corrected chi connectivity index (χ1v) is 12.4. The van der Waals surface area contributed by atoms with Gasteiger partial charge in [-0.25, -0.2) is 14.8 Å². The molecule has 1 atom stereocenters. The molecule has 1 aromatic carbocycles. The molecule has 2 aliphatic heterocycles. The summed E-state index contributed by atoms with van der Waals surface area (Å²) >= 11 is 0. The molecule has 1 saturated heterocycles. The first-order valence-electron chi connectivity index (χ1n) is 12.4. The summed E-state index contributed by atoms with van der Waals surface area (Å²) in [6.45, 7) is 6.25. The second-order valence-electron chi connectivity index (χ2n) is 10.6. The van der Waals surface area contributed by atoms with Crippen LogP contribution in [0.25, 0.3) is 10.9 Å². The highest BCUT2D eigenvalue weighted by atomic mass is 19.4. The zero-order chi connectivity index (χ0) is 28.1. The van der Waals surface area contributed by atoms with Gasteiger partial charge in [-0.1, -0.05) is 12.1 Å². The van der Waals surface area contributed by atoms with Gasteiger partial charge in [0.1, 0.15) is 17.1 Å². The van der Waals surface area contributed by atoms with Crippen LogP contribution in [0.3, 0.4) is 0 Å². The summed E-state index contributed by atoms with van der Waals surface area (Å²) in [4.78, 5) is 38.3. The Kier molecular flexibility index (Phi) is 6.61. The van der Waals surface area contributed by atoms with Crippen molar-refractivity contribution in [2.24, 2.45) is 0 Å². The van der Waals surface area contributed by atoms with Gasteiger partial charge in [0.15, 0.2) is 0 Å². The summed E-state index contributed by atoms with van der Waals surface area (Å²) < 4.78 is 50.6. The molecule has 39 heavy (non-hydrogen) atoms. The molecule has 9 nitrogen and oxygen atoms in total. The van der Waals surface area contributed by atoms with E-state index in [9.17, 15) is 22.8 Å². The van der Waals surface area contributed by atoms with Crippen molar-refractivity contribution in [2.75, 3.05) is 25.4 Å². The molecule has 0 spiro atoms. The Labute approximate surface area is 222 Å². The molecular weight excluding hydrogens is 515 g/mol. The number of nitrogens with two attached hydrogens (primary N) is 1. The zero-order valence-corrected chi connectivity index (χ0v) is 21.7. The third kappa shape index (κ3) is 5.33. The van der Waals surface area contributed by atoms with Crippen LogP contribution in [0.4, 0.5) is 23.8 Å². The number of carbonyl (C=O) groups is 2. The highest BCUT2D eigenvalue weighted by Gasteiger charge is 2.37. The molecule has 5 rings (SSSR count). The topological polar surface area (TPSA) is 111 Å². The van der Waals surface area contributed by atoms with Gasteiger partial charge in [-0.15, -0.1) is 0 Å². The fourth-order valence-electron chi connectivity index (χ4n) is 4.84. The maximum Gasteiger partial charge on any atom is 0.416 e. The lowest BCUT2D eigenvalue weighted by Gasteiger charge is -2.41. The van der Waals surface area contributed by atoms with Crippen molar-refractivity contribution in [3.8, 4) is 0 Å². The van der Waals surface area contributed by atoms with Crippen LogP contribution >= 0.6 is 0 Å². The van der Waals surface area contributed by atoms with Crippen LogP contribution < -0.4 is 5.73 Å². The van der Waals surface area contributed by atoms with Gasteiger partial charge in [0.2, 0.25) is 0 Å². The molecule has 1 fully saturated rings. The van der Waals surface area contributed by atoms with Gasteiger partial charge in [-0.2, -0.15) is 13.2 Å². The van der Waals surface area contributed by atoms with Gasteiger partial charge in [-0.05, 0) is 50.1 Å². The highest BCUT2D eigenvalue weighted by molar-refractivity contribution is 5.97. The Morgan fingerprint density at radius 3 is 2.44 bits per heavy atom. The van der Waals surface area contributed by atoms with E-state index in [0.29, 0.717) is 35.5 Å². The van der Waals surface area contributed by atoms with Crippen LogP contribution in [0.5, 0.6) is 0 Å².